The summed E-state index contributed by atoms with van der Waals surface area (Å²) in [5, 5.41) is 4.26. The van der Waals surface area contributed by atoms with E-state index in [-0.39, 0.29) is 0 Å². The quantitative estimate of drug-likeness (QED) is 0.853. The molecule has 1 aliphatic rings. The van der Waals surface area contributed by atoms with Gasteiger partial charge in [-0.15, -0.1) is 11.8 Å². The zero-order valence-corrected chi connectivity index (χ0v) is 12.7. The van der Waals surface area contributed by atoms with E-state index in [9.17, 15) is 0 Å². The average molecular weight is 314 g/mol. The normalized spacial score (nSPS) is 16.6. The molecular formula is C14H20BrNS. The van der Waals surface area contributed by atoms with Gasteiger partial charge in [-0.1, -0.05) is 41.8 Å². The molecule has 0 amide bonds. The van der Waals surface area contributed by atoms with Crippen molar-refractivity contribution in [1.29, 1.82) is 0 Å². The molecule has 0 aliphatic heterocycles. The van der Waals surface area contributed by atoms with Crippen molar-refractivity contribution in [2.45, 2.75) is 49.3 Å². The second-order valence-corrected chi connectivity index (χ2v) is 6.81. The van der Waals surface area contributed by atoms with E-state index in [1.165, 1.54) is 40.6 Å². The van der Waals surface area contributed by atoms with E-state index in [2.05, 4.69) is 58.1 Å². The predicted octanol–water partition coefficient (Wildman–Crippen LogP) is 4.59. The standard InChI is InChI=1S/C14H20BrNS/c1-2-16-10-11-7-8-12(15)9-14(11)17-13-5-3-4-6-13/h7-9,13,16H,2-6,10H2,1H3. The first-order valence-electron chi connectivity index (χ1n) is 6.45. The fourth-order valence-electron chi connectivity index (χ4n) is 2.23. The van der Waals surface area contributed by atoms with Gasteiger partial charge in [0.05, 0.1) is 0 Å². The Labute approximate surface area is 117 Å². The van der Waals surface area contributed by atoms with Crippen LogP contribution in [0, 0.1) is 0 Å². The van der Waals surface area contributed by atoms with Crippen LogP contribution in [0.2, 0.25) is 0 Å². The Morgan fingerprint density at radius 3 is 2.82 bits per heavy atom. The Kier molecular flexibility index (Phi) is 5.39. The first-order chi connectivity index (χ1) is 8.29. The van der Waals surface area contributed by atoms with E-state index in [0.29, 0.717) is 0 Å². The van der Waals surface area contributed by atoms with Gasteiger partial charge in [0.25, 0.3) is 0 Å². The van der Waals surface area contributed by atoms with Gasteiger partial charge in [-0.2, -0.15) is 0 Å². The predicted molar refractivity (Wildman–Crippen MR) is 79.6 cm³/mol. The van der Waals surface area contributed by atoms with E-state index in [4.69, 9.17) is 0 Å². The van der Waals surface area contributed by atoms with Gasteiger partial charge >= 0.3 is 0 Å². The van der Waals surface area contributed by atoms with Crippen LogP contribution in [0.15, 0.2) is 27.6 Å². The van der Waals surface area contributed by atoms with Crippen molar-refractivity contribution < 1.29 is 0 Å². The largest absolute Gasteiger partial charge is 0.313 e. The van der Waals surface area contributed by atoms with Crippen LogP contribution in [0.5, 0.6) is 0 Å². The van der Waals surface area contributed by atoms with Crippen LogP contribution in [-0.2, 0) is 6.54 Å². The lowest BCUT2D eigenvalue weighted by molar-refractivity contribution is 0.717. The van der Waals surface area contributed by atoms with E-state index in [1.54, 1.807) is 0 Å². The van der Waals surface area contributed by atoms with Crippen LogP contribution in [0.1, 0.15) is 38.2 Å². The third kappa shape index (κ3) is 4.01. The first kappa shape index (κ1) is 13.4. The lowest BCUT2D eigenvalue weighted by atomic mass is 10.2. The highest BCUT2D eigenvalue weighted by Gasteiger charge is 2.17. The molecule has 0 saturated heterocycles. The summed E-state index contributed by atoms with van der Waals surface area (Å²) in [6, 6.07) is 6.66. The minimum absolute atomic E-state index is 0.838. The van der Waals surface area contributed by atoms with Crippen LogP contribution in [-0.4, -0.2) is 11.8 Å². The van der Waals surface area contributed by atoms with Crippen molar-refractivity contribution in [1.82, 2.24) is 5.32 Å². The van der Waals surface area contributed by atoms with Gasteiger partial charge < -0.3 is 5.32 Å². The Morgan fingerprint density at radius 1 is 1.35 bits per heavy atom. The highest BCUT2D eigenvalue weighted by Crippen LogP contribution is 2.37. The second kappa shape index (κ2) is 6.81. The van der Waals surface area contributed by atoms with Crippen molar-refractivity contribution in [2.75, 3.05) is 6.54 Å². The van der Waals surface area contributed by atoms with Crippen molar-refractivity contribution in [3.05, 3.63) is 28.2 Å². The molecule has 0 bridgehead atoms. The van der Waals surface area contributed by atoms with E-state index in [1.807, 2.05) is 0 Å². The number of thioether (sulfide) groups is 1. The van der Waals surface area contributed by atoms with Gasteiger partial charge in [-0.05, 0) is 37.1 Å². The number of hydrogen-bond donors (Lipinski definition) is 1. The fourth-order valence-corrected chi connectivity index (χ4v) is 4.16. The Balaban J connectivity index is 2.08. The van der Waals surface area contributed by atoms with Crippen molar-refractivity contribution in [3.8, 4) is 0 Å². The summed E-state index contributed by atoms with van der Waals surface area (Å²) in [5.41, 5.74) is 1.44. The third-order valence-corrected chi connectivity index (χ3v) is 5.12. The lowest BCUT2D eigenvalue weighted by Gasteiger charge is -2.14. The molecule has 1 N–H and O–H groups in total. The maximum Gasteiger partial charge on any atom is 0.0216 e. The van der Waals surface area contributed by atoms with Gasteiger partial charge in [0, 0.05) is 21.2 Å². The minimum Gasteiger partial charge on any atom is -0.313 e. The van der Waals surface area contributed by atoms with Crippen molar-refractivity contribution in [3.63, 3.8) is 0 Å². The maximum absolute atomic E-state index is 3.58. The minimum atomic E-state index is 0.838. The molecule has 1 aromatic rings. The average Bonchev–Trinajstić information content (AvgIpc) is 2.81. The first-order valence-corrected chi connectivity index (χ1v) is 8.12. The Morgan fingerprint density at radius 2 is 2.12 bits per heavy atom. The van der Waals surface area contributed by atoms with Crippen LogP contribution in [0.3, 0.4) is 0 Å². The summed E-state index contributed by atoms with van der Waals surface area (Å²) >= 11 is 5.65. The summed E-state index contributed by atoms with van der Waals surface area (Å²) in [7, 11) is 0. The van der Waals surface area contributed by atoms with Crippen molar-refractivity contribution >= 4 is 27.7 Å². The molecule has 2 rings (SSSR count). The van der Waals surface area contributed by atoms with Gasteiger partial charge in [-0.25, -0.2) is 0 Å². The van der Waals surface area contributed by atoms with Crippen LogP contribution in [0.4, 0.5) is 0 Å². The molecule has 3 heteroatoms. The SMILES string of the molecule is CCNCc1ccc(Br)cc1SC1CCCC1. The summed E-state index contributed by atoms with van der Waals surface area (Å²) in [6.45, 7) is 4.17. The molecule has 0 spiro atoms. The molecule has 0 heterocycles. The maximum atomic E-state index is 3.58. The molecule has 0 unspecified atom stereocenters. The highest BCUT2D eigenvalue weighted by molar-refractivity contribution is 9.10. The monoisotopic (exact) mass is 313 g/mol. The lowest BCUT2D eigenvalue weighted by Crippen LogP contribution is -2.12. The molecular weight excluding hydrogens is 294 g/mol. The van der Waals surface area contributed by atoms with Crippen LogP contribution >= 0.6 is 27.7 Å². The second-order valence-electron chi connectivity index (χ2n) is 4.56. The van der Waals surface area contributed by atoms with Gasteiger partial charge in [0.1, 0.15) is 0 Å². The number of halogens is 1. The van der Waals surface area contributed by atoms with Gasteiger partial charge in [0.15, 0.2) is 0 Å². The van der Waals surface area contributed by atoms with E-state index in [0.717, 1.165) is 18.3 Å². The zero-order valence-electron chi connectivity index (χ0n) is 10.3. The van der Waals surface area contributed by atoms with Crippen molar-refractivity contribution in [2.24, 2.45) is 0 Å². The molecule has 94 valence electrons. The fraction of sp³-hybridized carbons (Fsp3) is 0.571. The van der Waals surface area contributed by atoms with Crippen LogP contribution in [0.25, 0.3) is 0 Å². The molecule has 1 aromatic carbocycles. The smallest absolute Gasteiger partial charge is 0.0216 e. The molecule has 1 saturated carbocycles. The topological polar surface area (TPSA) is 12.0 Å². The highest BCUT2D eigenvalue weighted by atomic mass is 79.9. The number of benzene rings is 1. The molecule has 1 aliphatic carbocycles. The molecule has 17 heavy (non-hydrogen) atoms. The summed E-state index contributed by atoms with van der Waals surface area (Å²) in [5.74, 6) is 0. The number of rotatable bonds is 5. The molecule has 0 aromatic heterocycles. The van der Waals surface area contributed by atoms with Gasteiger partial charge in [0.2, 0.25) is 0 Å². The van der Waals surface area contributed by atoms with Crippen LogP contribution < -0.4 is 5.32 Å². The molecule has 1 fully saturated rings. The molecule has 1 nitrogen and oxygen atoms in total. The van der Waals surface area contributed by atoms with E-state index < -0.39 is 0 Å². The van der Waals surface area contributed by atoms with E-state index >= 15 is 0 Å². The summed E-state index contributed by atoms with van der Waals surface area (Å²) in [6.07, 6.45) is 5.60. The summed E-state index contributed by atoms with van der Waals surface area (Å²) < 4.78 is 1.19. The summed E-state index contributed by atoms with van der Waals surface area (Å²) in [4.78, 5) is 1.45. The number of hydrogen-bond acceptors (Lipinski definition) is 2. The Bertz CT molecular complexity index is 361. The number of nitrogens with one attached hydrogen (secondary N) is 1. The zero-order chi connectivity index (χ0) is 12.1. The Hall–Kier alpha value is 0.01000. The van der Waals surface area contributed by atoms with Gasteiger partial charge in [-0.3, -0.25) is 0 Å². The molecule has 0 atom stereocenters. The molecule has 0 radical (unpaired) electrons. The third-order valence-electron chi connectivity index (χ3n) is 3.19.